The summed E-state index contributed by atoms with van der Waals surface area (Å²) in [5.41, 5.74) is 1.06. The van der Waals surface area contributed by atoms with Crippen LogP contribution in [0.4, 0.5) is 5.82 Å². The lowest BCUT2D eigenvalue weighted by Crippen LogP contribution is -2.25. The molecular weight excluding hydrogens is 340 g/mol. The van der Waals surface area contributed by atoms with Gasteiger partial charge in [0.2, 0.25) is 5.91 Å². The van der Waals surface area contributed by atoms with Crippen molar-refractivity contribution >= 4 is 11.7 Å². The molecule has 144 valence electrons. The summed E-state index contributed by atoms with van der Waals surface area (Å²) < 4.78 is 6.15. The van der Waals surface area contributed by atoms with Crippen molar-refractivity contribution in [3.05, 3.63) is 47.9 Å². The smallest absolute Gasteiger partial charge is 0.217 e. The van der Waals surface area contributed by atoms with Gasteiger partial charge in [-0.15, -0.1) is 0 Å². The summed E-state index contributed by atoms with van der Waals surface area (Å²) in [5.74, 6) is 2.99. The average Bonchev–Trinajstić information content (AvgIpc) is 3.10. The fraction of sp³-hybridized carbons (Fsp3) is 0.476. The Morgan fingerprint density at radius 3 is 2.63 bits per heavy atom. The van der Waals surface area contributed by atoms with Crippen LogP contribution in [0.1, 0.15) is 57.5 Å². The van der Waals surface area contributed by atoms with Crippen molar-refractivity contribution in [1.29, 1.82) is 0 Å². The van der Waals surface area contributed by atoms with Gasteiger partial charge in [-0.2, -0.15) is 0 Å². The normalized spacial score (nSPS) is 17.8. The number of carbonyl (C=O) groups excluding carboxylic acids is 1. The maximum Gasteiger partial charge on any atom is 0.217 e. The minimum absolute atomic E-state index is 0.00793. The molecule has 0 aliphatic carbocycles. The first-order valence-corrected chi connectivity index (χ1v) is 9.54. The Hall–Kier alpha value is -2.63. The lowest BCUT2D eigenvalue weighted by atomic mass is 10.1. The molecule has 2 heterocycles. The average molecular weight is 368 g/mol. The molecule has 1 aromatic carbocycles. The summed E-state index contributed by atoms with van der Waals surface area (Å²) in [6.45, 7) is 9.45. The third-order valence-electron chi connectivity index (χ3n) is 4.75. The van der Waals surface area contributed by atoms with Crippen molar-refractivity contribution in [2.24, 2.45) is 0 Å². The number of nitrogens with zero attached hydrogens (tertiary/aromatic N) is 3. The van der Waals surface area contributed by atoms with Crippen LogP contribution in [0.2, 0.25) is 0 Å². The fourth-order valence-corrected chi connectivity index (χ4v) is 3.27. The van der Waals surface area contributed by atoms with Crippen molar-refractivity contribution in [2.45, 2.75) is 52.2 Å². The van der Waals surface area contributed by atoms with Crippen molar-refractivity contribution in [1.82, 2.24) is 15.3 Å². The number of ether oxygens (including phenoxy) is 1. The van der Waals surface area contributed by atoms with Crippen LogP contribution in [-0.2, 0) is 4.79 Å². The zero-order valence-corrected chi connectivity index (χ0v) is 16.5. The highest BCUT2D eigenvalue weighted by Crippen LogP contribution is 2.24. The first kappa shape index (κ1) is 19.1. The van der Waals surface area contributed by atoms with Crippen LogP contribution in [0.3, 0.4) is 0 Å². The van der Waals surface area contributed by atoms with Crippen molar-refractivity contribution in [3.8, 4) is 5.75 Å². The standard InChI is InChI=1S/C21H28N4O2/c1-14(2)21-22-11-9-20(24-21)25-12-10-19(13-25)27-18-7-5-17(6-8-18)15(3)23-16(4)26/h5-9,11,14-15,19H,10,12-13H2,1-4H3,(H,23,26)/t15-,19+/m0/s1. The molecule has 0 spiro atoms. The highest BCUT2D eigenvalue weighted by atomic mass is 16.5. The molecule has 0 bridgehead atoms. The summed E-state index contributed by atoms with van der Waals surface area (Å²) in [7, 11) is 0. The van der Waals surface area contributed by atoms with E-state index in [-0.39, 0.29) is 18.1 Å². The van der Waals surface area contributed by atoms with Gasteiger partial charge in [-0.25, -0.2) is 9.97 Å². The molecule has 2 aromatic rings. The van der Waals surface area contributed by atoms with Crippen LogP contribution in [0.5, 0.6) is 5.75 Å². The van der Waals surface area contributed by atoms with Crippen LogP contribution in [-0.4, -0.2) is 35.1 Å². The van der Waals surface area contributed by atoms with E-state index >= 15 is 0 Å². The molecule has 2 atom stereocenters. The summed E-state index contributed by atoms with van der Waals surface area (Å²) >= 11 is 0. The molecule has 1 aromatic heterocycles. The number of nitrogens with one attached hydrogen (secondary N) is 1. The highest BCUT2D eigenvalue weighted by Gasteiger charge is 2.25. The van der Waals surface area contributed by atoms with Gasteiger partial charge < -0.3 is 15.0 Å². The van der Waals surface area contributed by atoms with E-state index in [1.165, 1.54) is 6.92 Å². The number of benzene rings is 1. The topological polar surface area (TPSA) is 67.3 Å². The molecule has 1 amide bonds. The van der Waals surface area contributed by atoms with Gasteiger partial charge >= 0.3 is 0 Å². The van der Waals surface area contributed by atoms with E-state index in [0.29, 0.717) is 5.92 Å². The Balaban J connectivity index is 1.58. The Labute approximate surface area is 161 Å². The molecule has 6 heteroatoms. The van der Waals surface area contributed by atoms with Gasteiger partial charge in [0, 0.05) is 32.0 Å². The summed E-state index contributed by atoms with van der Waals surface area (Å²) in [5, 5.41) is 2.89. The molecule has 0 radical (unpaired) electrons. The van der Waals surface area contributed by atoms with Crippen LogP contribution in [0.15, 0.2) is 36.5 Å². The number of aromatic nitrogens is 2. The lowest BCUT2D eigenvalue weighted by Gasteiger charge is -2.19. The molecule has 0 unspecified atom stereocenters. The third kappa shape index (κ3) is 4.96. The quantitative estimate of drug-likeness (QED) is 0.846. The van der Waals surface area contributed by atoms with Gasteiger partial charge in [0.25, 0.3) is 0 Å². The van der Waals surface area contributed by atoms with Crippen LogP contribution >= 0.6 is 0 Å². The fourth-order valence-electron chi connectivity index (χ4n) is 3.27. The van der Waals surface area contributed by atoms with E-state index in [1.807, 2.05) is 43.5 Å². The van der Waals surface area contributed by atoms with E-state index < -0.39 is 0 Å². The monoisotopic (exact) mass is 368 g/mol. The van der Waals surface area contributed by atoms with E-state index in [9.17, 15) is 4.79 Å². The van der Waals surface area contributed by atoms with E-state index in [4.69, 9.17) is 4.74 Å². The second-order valence-corrected chi connectivity index (χ2v) is 7.39. The number of amides is 1. The second kappa shape index (κ2) is 8.37. The molecule has 6 nitrogen and oxygen atoms in total. The number of rotatable bonds is 6. The predicted octanol–water partition coefficient (Wildman–Crippen LogP) is 3.45. The molecule has 1 N–H and O–H groups in total. The zero-order valence-electron chi connectivity index (χ0n) is 16.5. The lowest BCUT2D eigenvalue weighted by molar-refractivity contribution is -0.119. The largest absolute Gasteiger partial charge is 0.489 e. The number of carbonyl (C=O) groups is 1. The molecular formula is C21H28N4O2. The van der Waals surface area contributed by atoms with Crippen molar-refractivity contribution in [3.63, 3.8) is 0 Å². The van der Waals surface area contributed by atoms with Gasteiger partial charge in [0.05, 0.1) is 12.6 Å². The minimum atomic E-state index is -0.0285. The number of hydrogen-bond donors (Lipinski definition) is 1. The minimum Gasteiger partial charge on any atom is -0.489 e. The van der Waals surface area contributed by atoms with Gasteiger partial charge in [-0.3, -0.25) is 4.79 Å². The van der Waals surface area contributed by atoms with Gasteiger partial charge in [0.15, 0.2) is 0 Å². The molecule has 27 heavy (non-hydrogen) atoms. The van der Waals surface area contributed by atoms with Gasteiger partial charge in [0.1, 0.15) is 23.5 Å². The third-order valence-corrected chi connectivity index (χ3v) is 4.75. The van der Waals surface area contributed by atoms with Crippen molar-refractivity contribution in [2.75, 3.05) is 18.0 Å². The zero-order chi connectivity index (χ0) is 19.4. The van der Waals surface area contributed by atoms with E-state index in [1.54, 1.807) is 0 Å². The Bertz CT molecular complexity index is 776. The summed E-state index contributed by atoms with van der Waals surface area (Å²) in [4.78, 5) is 22.5. The molecule has 3 rings (SSSR count). The number of hydrogen-bond acceptors (Lipinski definition) is 5. The van der Waals surface area contributed by atoms with E-state index in [2.05, 4.69) is 34.0 Å². The van der Waals surface area contributed by atoms with Crippen LogP contribution in [0.25, 0.3) is 0 Å². The molecule has 1 aliphatic heterocycles. The SMILES string of the molecule is CC(=O)N[C@@H](C)c1ccc(O[C@@H]2CCN(c3ccnc(C(C)C)n3)C2)cc1. The Morgan fingerprint density at radius 1 is 1.22 bits per heavy atom. The van der Waals surface area contributed by atoms with Gasteiger partial charge in [-0.1, -0.05) is 26.0 Å². The van der Waals surface area contributed by atoms with Crippen LogP contribution in [0, 0.1) is 0 Å². The summed E-state index contributed by atoms with van der Waals surface area (Å²) in [6.07, 6.45) is 2.94. The Kier molecular flexibility index (Phi) is 5.94. The first-order valence-electron chi connectivity index (χ1n) is 9.54. The highest BCUT2D eigenvalue weighted by molar-refractivity contribution is 5.73. The van der Waals surface area contributed by atoms with Crippen LogP contribution < -0.4 is 15.0 Å². The molecule has 1 fully saturated rings. The maximum atomic E-state index is 11.2. The molecule has 1 aliphatic rings. The second-order valence-electron chi connectivity index (χ2n) is 7.39. The van der Waals surface area contributed by atoms with E-state index in [0.717, 1.165) is 42.5 Å². The predicted molar refractivity (Wildman–Crippen MR) is 106 cm³/mol. The van der Waals surface area contributed by atoms with Crippen molar-refractivity contribution < 1.29 is 9.53 Å². The van der Waals surface area contributed by atoms with Gasteiger partial charge in [-0.05, 0) is 30.7 Å². The molecule has 1 saturated heterocycles. The molecule has 0 saturated carbocycles. The first-order chi connectivity index (χ1) is 12.9. The summed E-state index contributed by atoms with van der Waals surface area (Å²) in [6, 6.07) is 9.90. The number of anilines is 1. The maximum absolute atomic E-state index is 11.2. The Morgan fingerprint density at radius 2 is 1.96 bits per heavy atom.